The van der Waals surface area contributed by atoms with Crippen LogP contribution >= 0.6 is 12.6 Å². The van der Waals surface area contributed by atoms with Crippen LogP contribution in [0.5, 0.6) is 0 Å². The topological polar surface area (TPSA) is 63.6 Å². The summed E-state index contributed by atoms with van der Waals surface area (Å²) in [6.07, 6.45) is 4.57. The minimum absolute atomic E-state index is 0.0747. The van der Waals surface area contributed by atoms with E-state index in [0.29, 0.717) is 18.8 Å². The van der Waals surface area contributed by atoms with Crippen molar-refractivity contribution in [1.29, 1.82) is 0 Å². The molecule has 100 valence electrons. The molecule has 17 heavy (non-hydrogen) atoms. The highest BCUT2D eigenvalue weighted by Crippen LogP contribution is 2.12. The predicted molar refractivity (Wildman–Crippen MR) is 69.3 cm³/mol. The molecule has 0 aliphatic heterocycles. The highest BCUT2D eigenvalue weighted by Gasteiger charge is 2.13. The zero-order chi connectivity index (χ0) is 13.1. The Morgan fingerprint density at radius 1 is 1.24 bits per heavy atom. The number of hydrogen-bond acceptors (Lipinski definition) is 4. The Morgan fingerprint density at radius 2 is 1.88 bits per heavy atom. The van der Waals surface area contributed by atoms with Crippen LogP contribution < -0.4 is 0 Å². The van der Waals surface area contributed by atoms with Gasteiger partial charge in [0.2, 0.25) is 0 Å². The number of carboxylic acid groups (broad SMARTS) is 1. The number of hydrogen-bond donors (Lipinski definition) is 2. The molecule has 1 N–H and O–H groups in total. The fourth-order valence-corrected chi connectivity index (χ4v) is 1.58. The Bertz CT molecular complexity index is 231. The Labute approximate surface area is 108 Å². The maximum atomic E-state index is 11.4. The minimum atomic E-state index is -0.742. The van der Waals surface area contributed by atoms with Crippen LogP contribution in [0.3, 0.4) is 0 Å². The molecular formula is C12H22O4S. The quantitative estimate of drug-likeness (QED) is 0.361. The first-order valence-electron chi connectivity index (χ1n) is 6.07. The predicted octanol–water partition coefficient (Wildman–Crippen LogP) is 2.52. The van der Waals surface area contributed by atoms with Crippen molar-refractivity contribution in [2.45, 2.75) is 45.4 Å². The maximum Gasteiger partial charge on any atom is 0.308 e. The van der Waals surface area contributed by atoms with Crippen molar-refractivity contribution in [3.05, 3.63) is 0 Å². The number of carboxylic acids is 1. The molecule has 0 saturated heterocycles. The highest BCUT2D eigenvalue weighted by molar-refractivity contribution is 7.80. The lowest BCUT2D eigenvalue weighted by atomic mass is 10.0. The SMILES string of the molecule is CC(CCCCCCC(=O)O)C(=O)OCCS. The van der Waals surface area contributed by atoms with Crippen LogP contribution in [-0.2, 0) is 14.3 Å². The van der Waals surface area contributed by atoms with Gasteiger partial charge in [0, 0.05) is 12.2 Å². The van der Waals surface area contributed by atoms with Gasteiger partial charge in [-0.25, -0.2) is 0 Å². The van der Waals surface area contributed by atoms with E-state index in [2.05, 4.69) is 12.6 Å². The maximum absolute atomic E-state index is 11.4. The Kier molecular flexibility index (Phi) is 10.0. The lowest BCUT2D eigenvalue weighted by molar-refractivity contribution is -0.147. The Balaban J connectivity index is 3.41. The second-order valence-corrected chi connectivity index (χ2v) is 4.59. The number of carbonyl (C=O) groups is 2. The summed E-state index contributed by atoms with van der Waals surface area (Å²) in [5.41, 5.74) is 0. The second kappa shape index (κ2) is 10.4. The van der Waals surface area contributed by atoms with E-state index in [4.69, 9.17) is 9.84 Å². The van der Waals surface area contributed by atoms with Crippen LogP contribution in [0.1, 0.15) is 45.4 Å². The zero-order valence-electron chi connectivity index (χ0n) is 10.4. The van der Waals surface area contributed by atoms with Gasteiger partial charge >= 0.3 is 11.9 Å². The van der Waals surface area contributed by atoms with Gasteiger partial charge in [-0.1, -0.05) is 26.2 Å². The fourth-order valence-electron chi connectivity index (χ4n) is 1.49. The van der Waals surface area contributed by atoms with E-state index in [0.717, 1.165) is 25.7 Å². The highest BCUT2D eigenvalue weighted by atomic mass is 32.1. The van der Waals surface area contributed by atoms with Crippen molar-refractivity contribution in [3.8, 4) is 0 Å². The van der Waals surface area contributed by atoms with Crippen molar-refractivity contribution in [2.75, 3.05) is 12.4 Å². The molecule has 0 rings (SSSR count). The summed E-state index contributed by atoms with van der Waals surface area (Å²) in [5.74, 6) is -0.430. The number of esters is 1. The van der Waals surface area contributed by atoms with Gasteiger partial charge in [-0.05, 0) is 12.8 Å². The van der Waals surface area contributed by atoms with Crippen LogP contribution in [0.2, 0.25) is 0 Å². The minimum Gasteiger partial charge on any atom is -0.481 e. The number of ether oxygens (including phenoxy) is 1. The molecule has 0 heterocycles. The zero-order valence-corrected chi connectivity index (χ0v) is 11.2. The molecule has 0 saturated carbocycles. The molecule has 0 aliphatic carbocycles. The third-order valence-corrected chi connectivity index (χ3v) is 2.70. The Hall–Kier alpha value is -0.710. The molecular weight excluding hydrogens is 240 g/mol. The van der Waals surface area contributed by atoms with Crippen LogP contribution in [0.4, 0.5) is 0 Å². The molecule has 0 aromatic carbocycles. The second-order valence-electron chi connectivity index (χ2n) is 4.14. The van der Waals surface area contributed by atoms with Crippen LogP contribution in [0.15, 0.2) is 0 Å². The summed E-state index contributed by atoms with van der Waals surface area (Å²) in [7, 11) is 0. The summed E-state index contributed by atoms with van der Waals surface area (Å²) in [6, 6.07) is 0. The van der Waals surface area contributed by atoms with Crippen molar-refractivity contribution in [2.24, 2.45) is 5.92 Å². The number of aliphatic carboxylic acids is 1. The third-order valence-electron chi connectivity index (χ3n) is 2.52. The smallest absolute Gasteiger partial charge is 0.308 e. The standard InChI is InChI=1S/C12H22O4S/c1-10(12(15)16-8-9-17)6-4-2-3-5-7-11(13)14/h10,17H,2-9H2,1H3,(H,13,14). The lowest BCUT2D eigenvalue weighted by Gasteiger charge is -2.10. The number of unbranched alkanes of at least 4 members (excludes halogenated alkanes) is 3. The third kappa shape index (κ3) is 10.2. The molecule has 5 heteroatoms. The number of carbonyl (C=O) groups excluding carboxylic acids is 1. The first-order valence-corrected chi connectivity index (χ1v) is 6.70. The van der Waals surface area contributed by atoms with E-state index in [1.807, 2.05) is 6.92 Å². The average molecular weight is 262 g/mol. The van der Waals surface area contributed by atoms with Gasteiger partial charge in [0.1, 0.15) is 6.61 Å². The van der Waals surface area contributed by atoms with Gasteiger partial charge in [-0.3, -0.25) is 9.59 Å². The molecule has 1 atom stereocenters. The Morgan fingerprint density at radius 3 is 2.47 bits per heavy atom. The van der Waals surface area contributed by atoms with E-state index in [-0.39, 0.29) is 18.3 Å². The van der Waals surface area contributed by atoms with Gasteiger partial charge < -0.3 is 9.84 Å². The molecule has 0 radical (unpaired) electrons. The van der Waals surface area contributed by atoms with Gasteiger partial charge in [0.25, 0.3) is 0 Å². The monoisotopic (exact) mass is 262 g/mol. The van der Waals surface area contributed by atoms with Gasteiger partial charge in [0.15, 0.2) is 0 Å². The van der Waals surface area contributed by atoms with E-state index in [1.54, 1.807) is 0 Å². The van der Waals surface area contributed by atoms with Gasteiger partial charge in [-0.2, -0.15) is 12.6 Å². The largest absolute Gasteiger partial charge is 0.481 e. The van der Waals surface area contributed by atoms with Crippen molar-refractivity contribution >= 4 is 24.6 Å². The first-order chi connectivity index (χ1) is 8.07. The number of rotatable bonds is 10. The van der Waals surface area contributed by atoms with E-state index in [1.165, 1.54) is 0 Å². The summed E-state index contributed by atoms with van der Waals surface area (Å²) >= 11 is 3.96. The summed E-state index contributed by atoms with van der Waals surface area (Å²) in [4.78, 5) is 21.6. The molecule has 0 aromatic heterocycles. The fraction of sp³-hybridized carbons (Fsp3) is 0.833. The molecule has 0 aliphatic rings. The molecule has 0 spiro atoms. The van der Waals surface area contributed by atoms with E-state index < -0.39 is 5.97 Å². The van der Waals surface area contributed by atoms with Crippen LogP contribution in [-0.4, -0.2) is 29.4 Å². The summed E-state index contributed by atoms with van der Waals surface area (Å²) in [5, 5.41) is 8.45. The number of thiol groups is 1. The summed E-state index contributed by atoms with van der Waals surface area (Å²) < 4.78 is 4.97. The lowest BCUT2D eigenvalue weighted by Crippen LogP contribution is -2.15. The van der Waals surface area contributed by atoms with Crippen molar-refractivity contribution in [3.63, 3.8) is 0 Å². The molecule has 4 nitrogen and oxygen atoms in total. The van der Waals surface area contributed by atoms with E-state index in [9.17, 15) is 9.59 Å². The molecule has 1 unspecified atom stereocenters. The summed E-state index contributed by atoms with van der Waals surface area (Å²) in [6.45, 7) is 2.23. The van der Waals surface area contributed by atoms with Crippen LogP contribution in [0, 0.1) is 5.92 Å². The van der Waals surface area contributed by atoms with Gasteiger partial charge in [0.05, 0.1) is 5.92 Å². The van der Waals surface area contributed by atoms with Crippen molar-refractivity contribution in [1.82, 2.24) is 0 Å². The molecule has 0 fully saturated rings. The average Bonchev–Trinajstić information content (AvgIpc) is 2.29. The van der Waals surface area contributed by atoms with E-state index >= 15 is 0 Å². The molecule has 0 aromatic rings. The normalized spacial score (nSPS) is 12.1. The first kappa shape index (κ1) is 16.3. The van der Waals surface area contributed by atoms with Crippen molar-refractivity contribution < 1.29 is 19.4 Å². The van der Waals surface area contributed by atoms with Gasteiger partial charge in [-0.15, -0.1) is 0 Å². The molecule has 0 amide bonds. The molecule has 0 bridgehead atoms. The van der Waals surface area contributed by atoms with Crippen LogP contribution in [0.25, 0.3) is 0 Å².